The van der Waals surface area contributed by atoms with Crippen LogP contribution in [-0.4, -0.2) is 25.6 Å². The number of nitrogens with one attached hydrogen (secondary N) is 1. The fourth-order valence-corrected chi connectivity index (χ4v) is 3.34. The van der Waals surface area contributed by atoms with Gasteiger partial charge in [-0.3, -0.25) is 4.79 Å². The number of methoxy groups -OCH3 is 1. The van der Waals surface area contributed by atoms with Crippen molar-refractivity contribution in [2.24, 2.45) is 0 Å². The van der Waals surface area contributed by atoms with Crippen molar-refractivity contribution in [1.82, 2.24) is 5.32 Å². The van der Waals surface area contributed by atoms with Crippen LogP contribution in [-0.2, 0) is 16.1 Å². The number of esters is 1. The first-order valence-corrected chi connectivity index (χ1v) is 9.32. The largest absolute Gasteiger partial charge is 0.484 e. The molecule has 1 aromatic heterocycles. The predicted octanol–water partition coefficient (Wildman–Crippen LogP) is 3.81. The van der Waals surface area contributed by atoms with Gasteiger partial charge < -0.3 is 19.2 Å². The topological polar surface area (TPSA) is 77.8 Å². The zero-order valence-corrected chi connectivity index (χ0v) is 15.5. The lowest BCUT2D eigenvalue weighted by molar-refractivity contribution is -0.123. The number of benzene rings is 1. The summed E-state index contributed by atoms with van der Waals surface area (Å²) < 4.78 is 15.4. The van der Waals surface area contributed by atoms with Crippen LogP contribution in [0, 0.1) is 0 Å². The molecule has 1 heterocycles. The Bertz CT molecular complexity index is 759. The van der Waals surface area contributed by atoms with Crippen molar-refractivity contribution in [3.8, 4) is 5.75 Å². The quantitative estimate of drug-likeness (QED) is 0.749. The molecule has 27 heavy (non-hydrogen) atoms. The Balaban J connectivity index is 1.42. The maximum absolute atomic E-state index is 11.9. The van der Waals surface area contributed by atoms with Crippen molar-refractivity contribution in [2.75, 3.05) is 13.7 Å². The van der Waals surface area contributed by atoms with Crippen molar-refractivity contribution in [2.45, 2.75) is 44.6 Å². The molecule has 1 aliphatic rings. The van der Waals surface area contributed by atoms with E-state index in [1.54, 1.807) is 6.07 Å². The van der Waals surface area contributed by atoms with Crippen LogP contribution in [0.15, 0.2) is 40.8 Å². The molecule has 6 heteroatoms. The summed E-state index contributed by atoms with van der Waals surface area (Å²) >= 11 is 0. The molecule has 0 saturated heterocycles. The number of ether oxygens (including phenoxy) is 2. The first-order chi connectivity index (χ1) is 13.2. The van der Waals surface area contributed by atoms with Crippen LogP contribution >= 0.6 is 0 Å². The zero-order chi connectivity index (χ0) is 19.1. The molecule has 1 N–H and O–H groups in total. The summed E-state index contributed by atoms with van der Waals surface area (Å²) in [5.74, 6) is 1.10. The molecule has 1 fully saturated rings. The molecule has 1 aromatic carbocycles. The molecule has 1 aliphatic carbocycles. The molecule has 0 bridgehead atoms. The Kier molecular flexibility index (Phi) is 6.52. The van der Waals surface area contributed by atoms with Crippen LogP contribution in [0.3, 0.4) is 0 Å². The van der Waals surface area contributed by atoms with E-state index in [9.17, 15) is 9.59 Å². The average molecular weight is 371 g/mol. The van der Waals surface area contributed by atoms with Crippen LogP contribution < -0.4 is 10.1 Å². The van der Waals surface area contributed by atoms with Crippen molar-refractivity contribution in [3.63, 3.8) is 0 Å². The van der Waals surface area contributed by atoms with E-state index in [2.05, 4.69) is 22.2 Å². The van der Waals surface area contributed by atoms with Gasteiger partial charge in [-0.05, 0) is 48.6 Å². The summed E-state index contributed by atoms with van der Waals surface area (Å²) in [5.41, 5.74) is 1.35. The number of furan rings is 1. The monoisotopic (exact) mass is 371 g/mol. The van der Waals surface area contributed by atoms with Gasteiger partial charge in [-0.1, -0.05) is 31.4 Å². The summed E-state index contributed by atoms with van der Waals surface area (Å²) in [6, 6.07) is 11.2. The van der Waals surface area contributed by atoms with E-state index in [0.29, 0.717) is 17.4 Å². The summed E-state index contributed by atoms with van der Waals surface area (Å²) in [7, 11) is 1.28. The van der Waals surface area contributed by atoms with Gasteiger partial charge in [0.05, 0.1) is 13.7 Å². The first-order valence-electron chi connectivity index (χ1n) is 9.32. The van der Waals surface area contributed by atoms with Gasteiger partial charge in [0.1, 0.15) is 11.5 Å². The maximum Gasteiger partial charge on any atom is 0.373 e. The number of rotatable bonds is 7. The third kappa shape index (κ3) is 5.36. The van der Waals surface area contributed by atoms with E-state index < -0.39 is 5.97 Å². The fourth-order valence-electron chi connectivity index (χ4n) is 3.34. The highest BCUT2D eigenvalue weighted by molar-refractivity contribution is 5.86. The zero-order valence-electron chi connectivity index (χ0n) is 15.5. The minimum atomic E-state index is -0.549. The van der Waals surface area contributed by atoms with Gasteiger partial charge in [-0.25, -0.2) is 4.79 Å². The molecular weight excluding hydrogens is 346 g/mol. The van der Waals surface area contributed by atoms with Crippen LogP contribution in [0.1, 0.15) is 59.9 Å². The highest BCUT2D eigenvalue weighted by Crippen LogP contribution is 2.33. The molecule has 3 rings (SSSR count). The molecule has 0 unspecified atom stereocenters. The second-order valence-corrected chi connectivity index (χ2v) is 6.73. The molecule has 0 aliphatic heterocycles. The summed E-state index contributed by atoms with van der Waals surface area (Å²) in [6.45, 7) is 0.104. The van der Waals surface area contributed by atoms with E-state index in [4.69, 9.17) is 9.15 Å². The minimum Gasteiger partial charge on any atom is -0.484 e. The SMILES string of the molecule is COC(=O)c1ccc(CNC(=O)COc2ccc(C3CCCCC3)cc2)o1. The fraction of sp³-hybridized carbons (Fsp3) is 0.429. The van der Waals surface area contributed by atoms with Crippen LogP contribution in [0.2, 0.25) is 0 Å². The number of amides is 1. The van der Waals surface area contributed by atoms with Gasteiger partial charge in [0, 0.05) is 0 Å². The van der Waals surface area contributed by atoms with Gasteiger partial charge in [0.15, 0.2) is 6.61 Å². The highest BCUT2D eigenvalue weighted by Gasteiger charge is 2.15. The predicted molar refractivity (Wildman–Crippen MR) is 99.7 cm³/mol. The van der Waals surface area contributed by atoms with E-state index in [-0.39, 0.29) is 24.8 Å². The third-order valence-electron chi connectivity index (χ3n) is 4.83. The number of hydrogen-bond acceptors (Lipinski definition) is 5. The Labute approximate surface area is 158 Å². The van der Waals surface area contributed by atoms with Crippen molar-refractivity contribution in [1.29, 1.82) is 0 Å². The van der Waals surface area contributed by atoms with Crippen molar-refractivity contribution in [3.05, 3.63) is 53.5 Å². The Morgan fingerprint density at radius 2 is 1.81 bits per heavy atom. The van der Waals surface area contributed by atoms with E-state index in [1.165, 1.54) is 50.8 Å². The lowest BCUT2D eigenvalue weighted by Gasteiger charge is -2.22. The third-order valence-corrected chi connectivity index (χ3v) is 4.83. The minimum absolute atomic E-state index is 0.0760. The van der Waals surface area contributed by atoms with Gasteiger partial charge in [0.25, 0.3) is 5.91 Å². The molecule has 1 amide bonds. The van der Waals surface area contributed by atoms with Crippen molar-refractivity contribution >= 4 is 11.9 Å². The highest BCUT2D eigenvalue weighted by atomic mass is 16.5. The van der Waals surface area contributed by atoms with Crippen LogP contribution in [0.4, 0.5) is 0 Å². The Morgan fingerprint density at radius 1 is 1.07 bits per heavy atom. The van der Waals surface area contributed by atoms with Crippen LogP contribution in [0.5, 0.6) is 5.75 Å². The summed E-state index contributed by atoms with van der Waals surface area (Å²) in [5, 5.41) is 2.69. The second-order valence-electron chi connectivity index (χ2n) is 6.73. The second kappa shape index (κ2) is 9.26. The lowest BCUT2D eigenvalue weighted by Crippen LogP contribution is -2.28. The number of carbonyl (C=O) groups excluding carboxylic acids is 2. The smallest absolute Gasteiger partial charge is 0.373 e. The van der Waals surface area contributed by atoms with Gasteiger partial charge in [0.2, 0.25) is 5.76 Å². The molecule has 144 valence electrons. The van der Waals surface area contributed by atoms with E-state index >= 15 is 0 Å². The maximum atomic E-state index is 11.9. The molecule has 6 nitrogen and oxygen atoms in total. The number of carbonyl (C=O) groups is 2. The lowest BCUT2D eigenvalue weighted by atomic mass is 9.84. The first kappa shape index (κ1) is 19.0. The Morgan fingerprint density at radius 3 is 2.52 bits per heavy atom. The normalized spacial score (nSPS) is 14.6. The molecule has 0 radical (unpaired) electrons. The Hall–Kier alpha value is -2.76. The summed E-state index contributed by atoms with van der Waals surface area (Å²) in [6.07, 6.45) is 6.47. The van der Waals surface area contributed by atoms with Gasteiger partial charge in [-0.15, -0.1) is 0 Å². The van der Waals surface area contributed by atoms with Gasteiger partial charge >= 0.3 is 5.97 Å². The van der Waals surface area contributed by atoms with Crippen molar-refractivity contribution < 1.29 is 23.5 Å². The molecular formula is C21H25NO5. The standard InChI is InChI=1S/C21H25NO5/c1-25-21(24)19-12-11-18(27-19)13-22-20(23)14-26-17-9-7-16(8-10-17)15-5-3-2-4-6-15/h7-12,15H,2-6,13-14H2,1H3,(H,22,23). The molecule has 2 aromatic rings. The summed E-state index contributed by atoms with van der Waals surface area (Å²) in [4.78, 5) is 23.3. The van der Waals surface area contributed by atoms with Crippen LogP contribution in [0.25, 0.3) is 0 Å². The average Bonchev–Trinajstić information content (AvgIpc) is 3.20. The van der Waals surface area contributed by atoms with E-state index in [1.807, 2.05) is 12.1 Å². The molecule has 0 atom stereocenters. The van der Waals surface area contributed by atoms with Gasteiger partial charge in [-0.2, -0.15) is 0 Å². The molecule has 1 saturated carbocycles. The molecule has 0 spiro atoms. The number of hydrogen-bond donors (Lipinski definition) is 1. The van der Waals surface area contributed by atoms with E-state index in [0.717, 1.165) is 0 Å².